The van der Waals surface area contributed by atoms with E-state index in [2.05, 4.69) is 30.9 Å². The summed E-state index contributed by atoms with van der Waals surface area (Å²) in [6.07, 6.45) is 0.573. The minimum Gasteiger partial charge on any atom is -0.496 e. The van der Waals surface area contributed by atoms with E-state index in [1.165, 1.54) is 6.33 Å². The third-order valence-corrected chi connectivity index (χ3v) is 5.01. The number of amides is 1. The fourth-order valence-electron chi connectivity index (χ4n) is 3.21. The van der Waals surface area contributed by atoms with Gasteiger partial charge in [0.1, 0.15) is 23.7 Å². The number of aromatic nitrogens is 3. The molecule has 10 heteroatoms. The lowest BCUT2D eigenvalue weighted by Crippen LogP contribution is -2.18. The van der Waals surface area contributed by atoms with Gasteiger partial charge in [-0.25, -0.2) is 23.7 Å². The van der Waals surface area contributed by atoms with Gasteiger partial charge in [0.25, 0.3) is 12.3 Å². The van der Waals surface area contributed by atoms with Gasteiger partial charge in [-0.05, 0) is 29.8 Å². The van der Waals surface area contributed by atoms with Gasteiger partial charge >= 0.3 is 0 Å². The molecule has 0 aliphatic rings. The summed E-state index contributed by atoms with van der Waals surface area (Å²) >= 11 is 0. The van der Waals surface area contributed by atoms with Crippen LogP contribution >= 0.6 is 0 Å². The smallest absolute Gasteiger partial charge is 0.255 e. The van der Waals surface area contributed by atoms with E-state index in [0.29, 0.717) is 35.2 Å². The highest BCUT2D eigenvalue weighted by Gasteiger charge is 2.15. The fraction of sp³-hybridized carbons (Fsp3) is 0.304. The number of benzene rings is 1. The van der Waals surface area contributed by atoms with Crippen molar-refractivity contribution in [1.82, 2.24) is 20.3 Å². The Hall–Kier alpha value is -3.82. The van der Waals surface area contributed by atoms with E-state index in [4.69, 9.17) is 4.74 Å². The number of methoxy groups -OCH3 is 1. The van der Waals surface area contributed by atoms with Crippen LogP contribution in [0.15, 0.2) is 48.9 Å². The van der Waals surface area contributed by atoms with Crippen molar-refractivity contribution < 1.29 is 18.3 Å². The second-order valence-corrected chi connectivity index (χ2v) is 7.31. The Morgan fingerprint density at radius 3 is 2.48 bits per heavy atom. The summed E-state index contributed by atoms with van der Waals surface area (Å²) in [7, 11) is 3.16. The highest BCUT2D eigenvalue weighted by Crippen LogP contribution is 2.28. The lowest BCUT2D eigenvalue weighted by atomic mass is 9.98. The lowest BCUT2D eigenvalue weighted by Gasteiger charge is -2.17. The molecule has 0 unspecified atom stereocenters. The maximum absolute atomic E-state index is 12.3. The van der Waals surface area contributed by atoms with Crippen LogP contribution in [0.4, 0.5) is 20.4 Å². The third-order valence-electron chi connectivity index (χ3n) is 5.01. The average molecular weight is 456 g/mol. The first-order valence-electron chi connectivity index (χ1n) is 10.4. The van der Waals surface area contributed by atoms with E-state index < -0.39 is 13.0 Å². The Balaban J connectivity index is 1.67. The lowest BCUT2D eigenvalue weighted by molar-refractivity contribution is 0.0962. The van der Waals surface area contributed by atoms with Crippen molar-refractivity contribution in [2.24, 2.45) is 0 Å². The molecule has 0 bridgehead atoms. The first-order valence-corrected chi connectivity index (χ1v) is 10.4. The first kappa shape index (κ1) is 23.8. The zero-order valence-electron chi connectivity index (χ0n) is 18.6. The van der Waals surface area contributed by atoms with Gasteiger partial charge in [0.15, 0.2) is 0 Å². The van der Waals surface area contributed by atoms with Gasteiger partial charge in [0.2, 0.25) is 0 Å². The second-order valence-electron chi connectivity index (χ2n) is 7.31. The monoisotopic (exact) mass is 456 g/mol. The largest absolute Gasteiger partial charge is 0.496 e. The molecule has 1 aromatic carbocycles. The fourth-order valence-corrected chi connectivity index (χ4v) is 3.21. The Labute approximate surface area is 190 Å². The molecule has 1 amide bonds. The number of hydrogen-bond acceptors (Lipinski definition) is 7. The van der Waals surface area contributed by atoms with Crippen molar-refractivity contribution in [3.05, 3.63) is 60.0 Å². The Kier molecular flexibility index (Phi) is 8.06. The molecule has 1 atom stereocenters. The molecule has 0 saturated heterocycles. The van der Waals surface area contributed by atoms with Gasteiger partial charge in [-0.2, -0.15) is 0 Å². The van der Waals surface area contributed by atoms with E-state index in [9.17, 15) is 13.6 Å². The molecule has 0 spiro atoms. The number of hydrogen-bond donors (Lipinski definition) is 3. The van der Waals surface area contributed by atoms with Crippen LogP contribution < -0.4 is 20.7 Å². The van der Waals surface area contributed by atoms with Crippen molar-refractivity contribution >= 4 is 17.5 Å². The number of nitrogens with one attached hydrogen (secondary N) is 3. The molecule has 3 rings (SSSR count). The number of carbonyl (C=O) groups excluding carboxylic acids is 1. The van der Waals surface area contributed by atoms with Gasteiger partial charge in [-0.3, -0.25) is 4.79 Å². The van der Waals surface area contributed by atoms with E-state index >= 15 is 0 Å². The van der Waals surface area contributed by atoms with Crippen LogP contribution in [-0.4, -0.2) is 54.5 Å². The molecule has 0 aliphatic carbocycles. The van der Waals surface area contributed by atoms with E-state index in [-0.39, 0.29) is 11.8 Å². The molecule has 2 aromatic heterocycles. The summed E-state index contributed by atoms with van der Waals surface area (Å²) in [6, 6.07) is 10.6. The number of carbonyl (C=O) groups is 1. The SMILES string of the molecule is CNC(=O)c1ccc([C@H](C)CNc2cc(-c3ccc(NCC(F)F)nc3)ncn2)c(OC)c1. The zero-order valence-corrected chi connectivity index (χ0v) is 18.6. The van der Waals surface area contributed by atoms with Crippen LogP contribution in [0.2, 0.25) is 0 Å². The van der Waals surface area contributed by atoms with Crippen molar-refractivity contribution in [1.29, 1.82) is 0 Å². The van der Waals surface area contributed by atoms with Crippen molar-refractivity contribution in [2.75, 3.05) is 37.9 Å². The summed E-state index contributed by atoms with van der Waals surface area (Å²) in [6.45, 7) is 2.16. The molecule has 0 saturated carbocycles. The van der Waals surface area contributed by atoms with Crippen LogP contribution in [0.25, 0.3) is 11.3 Å². The van der Waals surface area contributed by atoms with Gasteiger partial charge in [0, 0.05) is 42.9 Å². The van der Waals surface area contributed by atoms with E-state index in [0.717, 1.165) is 11.1 Å². The summed E-state index contributed by atoms with van der Waals surface area (Å²) in [5, 5.41) is 8.46. The summed E-state index contributed by atoms with van der Waals surface area (Å²) in [5.41, 5.74) is 2.88. The average Bonchev–Trinajstić information content (AvgIpc) is 2.85. The number of ether oxygens (including phenoxy) is 1. The molecule has 0 aliphatic heterocycles. The predicted octanol–water partition coefficient (Wildman–Crippen LogP) is 3.80. The van der Waals surface area contributed by atoms with Gasteiger partial charge in [-0.1, -0.05) is 13.0 Å². The molecule has 3 N–H and O–H groups in total. The van der Waals surface area contributed by atoms with Crippen LogP contribution in [0.1, 0.15) is 28.8 Å². The Morgan fingerprint density at radius 1 is 1.03 bits per heavy atom. The predicted molar refractivity (Wildman–Crippen MR) is 123 cm³/mol. The van der Waals surface area contributed by atoms with Gasteiger partial charge in [0.05, 0.1) is 19.3 Å². The molecule has 0 fully saturated rings. The molecule has 3 aromatic rings. The summed E-state index contributed by atoms with van der Waals surface area (Å²) in [4.78, 5) is 24.6. The molecular formula is C23H26F2N6O2. The maximum Gasteiger partial charge on any atom is 0.255 e. The molecule has 8 nitrogen and oxygen atoms in total. The third kappa shape index (κ3) is 6.34. The van der Waals surface area contributed by atoms with Crippen LogP contribution in [-0.2, 0) is 0 Å². The highest BCUT2D eigenvalue weighted by molar-refractivity contribution is 5.94. The number of anilines is 2. The molecule has 174 valence electrons. The standard InChI is InChI=1S/C23H26F2N6O2/c1-14(17-6-4-15(23(32)26-2)8-19(17)33-3)10-27-22-9-18(30-13-31-22)16-5-7-21(28-11-16)29-12-20(24)25/h4-9,11,13-14,20H,10,12H2,1-3H3,(H,26,32)(H,28,29)(H,27,30,31)/t14-/m1/s1. The molecule has 33 heavy (non-hydrogen) atoms. The molecular weight excluding hydrogens is 430 g/mol. The van der Waals surface area contributed by atoms with Crippen molar-refractivity contribution in [3.8, 4) is 17.0 Å². The normalized spacial score (nSPS) is 11.7. The van der Waals surface area contributed by atoms with Crippen LogP contribution in [0, 0.1) is 0 Å². The number of pyridine rings is 1. The second kappa shape index (κ2) is 11.2. The van der Waals surface area contributed by atoms with Crippen LogP contribution in [0.3, 0.4) is 0 Å². The van der Waals surface area contributed by atoms with Crippen LogP contribution in [0.5, 0.6) is 5.75 Å². The molecule has 2 heterocycles. The number of halogens is 2. The first-order chi connectivity index (χ1) is 15.9. The van der Waals surface area contributed by atoms with E-state index in [1.54, 1.807) is 50.7 Å². The number of rotatable bonds is 10. The van der Waals surface area contributed by atoms with Gasteiger partial charge in [-0.15, -0.1) is 0 Å². The number of nitrogens with zero attached hydrogens (tertiary/aromatic N) is 3. The minimum absolute atomic E-state index is 0.0685. The number of alkyl halides is 2. The van der Waals surface area contributed by atoms with Crippen molar-refractivity contribution in [2.45, 2.75) is 19.3 Å². The quantitative estimate of drug-likeness (QED) is 0.427. The van der Waals surface area contributed by atoms with Gasteiger partial charge < -0.3 is 20.7 Å². The Morgan fingerprint density at radius 2 is 1.82 bits per heavy atom. The molecule has 0 radical (unpaired) electrons. The zero-order chi connectivity index (χ0) is 23.8. The van der Waals surface area contributed by atoms with E-state index in [1.807, 2.05) is 13.0 Å². The highest BCUT2D eigenvalue weighted by atomic mass is 19.3. The summed E-state index contributed by atoms with van der Waals surface area (Å²) in [5.74, 6) is 1.54. The maximum atomic E-state index is 12.3. The summed E-state index contributed by atoms with van der Waals surface area (Å²) < 4.78 is 30.1. The Bertz CT molecular complexity index is 1080. The topological polar surface area (TPSA) is 101 Å². The minimum atomic E-state index is -2.45. The van der Waals surface area contributed by atoms with Crippen molar-refractivity contribution in [3.63, 3.8) is 0 Å².